The highest BCUT2D eigenvalue weighted by atomic mass is 19.3. The van der Waals surface area contributed by atoms with E-state index in [1.807, 2.05) is 0 Å². The number of aliphatic hydroxyl groups is 1. The van der Waals surface area contributed by atoms with Crippen LogP contribution in [0.3, 0.4) is 0 Å². The van der Waals surface area contributed by atoms with Crippen molar-refractivity contribution in [3.63, 3.8) is 0 Å². The second-order valence-corrected chi connectivity index (χ2v) is 3.66. The smallest absolute Gasteiger partial charge is 0.265 e. The van der Waals surface area contributed by atoms with Crippen LogP contribution in [0.5, 0.6) is 0 Å². The molecule has 0 saturated heterocycles. The molecule has 0 saturated carbocycles. The molecular weight excluding hydrogens is 244 g/mol. The Hall–Kier alpha value is -1.89. The number of benzene rings is 1. The first-order valence-corrected chi connectivity index (χ1v) is 5.27. The van der Waals surface area contributed by atoms with E-state index in [-0.39, 0.29) is 12.5 Å². The number of carbonyl (C=O) groups is 1. The van der Waals surface area contributed by atoms with Gasteiger partial charge < -0.3 is 21.5 Å². The Morgan fingerprint density at radius 3 is 2.72 bits per heavy atom. The number of nitrogens with one attached hydrogen (secondary N) is 2. The minimum atomic E-state index is -2.83. The fourth-order valence-electron chi connectivity index (χ4n) is 1.30. The third-order valence-corrected chi connectivity index (χ3v) is 2.34. The quantitative estimate of drug-likeness (QED) is 0.585. The van der Waals surface area contributed by atoms with E-state index in [0.717, 1.165) is 0 Å². The standard InChI is InChI=1S/C11H15F2N3O2/c1-15-11(18)6-2-3-7(14)8(4-6)16-5-9(17)10(12)13/h2-4,9-10,16-17H,5,14H2,1H3,(H,15,18). The Morgan fingerprint density at radius 2 is 2.17 bits per heavy atom. The van der Waals surface area contributed by atoms with E-state index >= 15 is 0 Å². The lowest BCUT2D eigenvalue weighted by molar-refractivity contribution is 0.00385. The first kappa shape index (κ1) is 14.2. The molecule has 1 aromatic rings. The van der Waals surface area contributed by atoms with Gasteiger partial charge in [0.2, 0.25) is 0 Å². The molecule has 0 aliphatic heterocycles. The molecule has 0 spiro atoms. The minimum Gasteiger partial charge on any atom is -0.397 e. The van der Waals surface area contributed by atoms with Crippen LogP contribution in [0.15, 0.2) is 18.2 Å². The van der Waals surface area contributed by atoms with Crippen LogP contribution in [-0.4, -0.2) is 37.1 Å². The second-order valence-electron chi connectivity index (χ2n) is 3.66. The summed E-state index contributed by atoms with van der Waals surface area (Å²) in [5.74, 6) is -0.313. The van der Waals surface area contributed by atoms with Gasteiger partial charge in [0.15, 0.2) is 0 Å². The van der Waals surface area contributed by atoms with Crippen LogP contribution < -0.4 is 16.4 Å². The van der Waals surface area contributed by atoms with E-state index in [4.69, 9.17) is 10.8 Å². The third kappa shape index (κ3) is 3.56. The number of rotatable bonds is 5. The third-order valence-electron chi connectivity index (χ3n) is 2.34. The summed E-state index contributed by atoms with van der Waals surface area (Å²) in [5.41, 5.74) is 6.62. The number of alkyl halides is 2. The number of hydrogen-bond acceptors (Lipinski definition) is 4. The fraction of sp³-hybridized carbons (Fsp3) is 0.364. The highest BCUT2D eigenvalue weighted by Gasteiger charge is 2.16. The molecule has 7 heteroatoms. The van der Waals surface area contributed by atoms with E-state index in [1.54, 1.807) is 0 Å². The first-order chi connectivity index (χ1) is 8.45. The van der Waals surface area contributed by atoms with Gasteiger partial charge >= 0.3 is 0 Å². The average Bonchev–Trinajstić information content (AvgIpc) is 2.36. The summed E-state index contributed by atoms with van der Waals surface area (Å²) >= 11 is 0. The molecule has 0 aromatic heterocycles. The zero-order valence-corrected chi connectivity index (χ0v) is 9.78. The predicted octanol–water partition coefficient (Wildman–Crippen LogP) is 0.666. The van der Waals surface area contributed by atoms with Crippen molar-refractivity contribution in [3.8, 4) is 0 Å². The Morgan fingerprint density at radius 1 is 1.50 bits per heavy atom. The van der Waals surface area contributed by atoms with Crippen LogP contribution in [0.4, 0.5) is 20.2 Å². The molecule has 1 unspecified atom stereocenters. The minimum absolute atomic E-state index is 0.309. The van der Waals surface area contributed by atoms with Crippen LogP contribution in [0.25, 0.3) is 0 Å². The largest absolute Gasteiger partial charge is 0.397 e. The number of amides is 1. The summed E-state index contributed by atoms with van der Waals surface area (Å²) in [6.07, 6.45) is -4.62. The van der Waals surface area contributed by atoms with Crippen molar-refractivity contribution in [2.24, 2.45) is 0 Å². The van der Waals surface area contributed by atoms with E-state index in [0.29, 0.717) is 16.9 Å². The molecule has 100 valence electrons. The number of anilines is 2. The topological polar surface area (TPSA) is 87.4 Å². The average molecular weight is 259 g/mol. The number of hydrogen-bond donors (Lipinski definition) is 4. The summed E-state index contributed by atoms with van der Waals surface area (Å²) in [4.78, 5) is 11.4. The highest BCUT2D eigenvalue weighted by Crippen LogP contribution is 2.20. The Bertz CT molecular complexity index is 427. The molecule has 0 fully saturated rings. The van der Waals surface area contributed by atoms with Crippen molar-refractivity contribution in [2.75, 3.05) is 24.6 Å². The van der Waals surface area contributed by atoms with Crippen molar-refractivity contribution < 1.29 is 18.7 Å². The van der Waals surface area contributed by atoms with Crippen LogP contribution in [0.1, 0.15) is 10.4 Å². The molecule has 0 aliphatic rings. The number of halogens is 2. The van der Waals surface area contributed by atoms with Crippen molar-refractivity contribution in [1.82, 2.24) is 5.32 Å². The normalized spacial score (nSPS) is 12.3. The Balaban J connectivity index is 2.78. The SMILES string of the molecule is CNC(=O)c1ccc(N)c(NCC(O)C(F)F)c1. The summed E-state index contributed by atoms with van der Waals surface area (Å²) in [7, 11) is 1.48. The lowest BCUT2D eigenvalue weighted by atomic mass is 10.1. The van der Waals surface area contributed by atoms with Gasteiger partial charge in [0.1, 0.15) is 6.10 Å². The lowest BCUT2D eigenvalue weighted by Crippen LogP contribution is -2.27. The maximum Gasteiger partial charge on any atom is 0.265 e. The maximum atomic E-state index is 12.1. The van der Waals surface area contributed by atoms with Gasteiger partial charge in [-0.25, -0.2) is 8.78 Å². The first-order valence-electron chi connectivity index (χ1n) is 5.27. The van der Waals surface area contributed by atoms with Crippen LogP contribution in [-0.2, 0) is 0 Å². The van der Waals surface area contributed by atoms with Gasteiger partial charge in [-0.1, -0.05) is 0 Å². The summed E-state index contributed by atoms with van der Waals surface area (Å²) < 4.78 is 24.2. The maximum absolute atomic E-state index is 12.1. The lowest BCUT2D eigenvalue weighted by Gasteiger charge is -2.14. The molecule has 0 heterocycles. The Labute approximate surface area is 103 Å². The number of nitrogens with two attached hydrogens (primary N) is 1. The molecule has 1 aromatic carbocycles. The van der Waals surface area contributed by atoms with Gasteiger partial charge in [0, 0.05) is 19.2 Å². The molecule has 1 rings (SSSR count). The van der Waals surface area contributed by atoms with Crippen molar-refractivity contribution in [2.45, 2.75) is 12.5 Å². The zero-order valence-electron chi connectivity index (χ0n) is 9.78. The second kappa shape index (κ2) is 6.15. The van der Waals surface area contributed by atoms with Gasteiger partial charge in [-0.15, -0.1) is 0 Å². The van der Waals surface area contributed by atoms with Crippen molar-refractivity contribution in [3.05, 3.63) is 23.8 Å². The molecule has 5 nitrogen and oxygen atoms in total. The fourth-order valence-corrected chi connectivity index (χ4v) is 1.30. The number of aliphatic hydroxyl groups excluding tert-OH is 1. The molecule has 0 radical (unpaired) electrons. The van der Waals surface area contributed by atoms with Crippen LogP contribution in [0, 0.1) is 0 Å². The van der Waals surface area contributed by atoms with E-state index < -0.39 is 12.5 Å². The van der Waals surface area contributed by atoms with Gasteiger partial charge in [0.05, 0.1) is 11.4 Å². The molecule has 0 bridgehead atoms. The molecular formula is C11H15F2N3O2. The van der Waals surface area contributed by atoms with E-state index in [9.17, 15) is 13.6 Å². The van der Waals surface area contributed by atoms with Gasteiger partial charge in [-0.05, 0) is 18.2 Å². The Kier molecular flexibility index (Phi) is 4.85. The molecule has 0 aliphatic carbocycles. The molecule has 1 amide bonds. The number of carbonyl (C=O) groups excluding carboxylic acids is 1. The van der Waals surface area contributed by atoms with Crippen LogP contribution in [0.2, 0.25) is 0 Å². The van der Waals surface area contributed by atoms with Crippen molar-refractivity contribution >= 4 is 17.3 Å². The van der Waals surface area contributed by atoms with Crippen LogP contribution >= 0.6 is 0 Å². The summed E-state index contributed by atoms with van der Waals surface area (Å²) in [6, 6.07) is 4.44. The van der Waals surface area contributed by atoms with E-state index in [1.165, 1.54) is 25.2 Å². The van der Waals surface area contributed by atoms with Crippen molar-refractivity contribution in [1.29, 1.82) is 0 Å². The van der Waals surface area contributed by atoms with Gasteiger partial charge in [-0.3, -0.25) is 4.79 Å². The highest BCUT2D eigenvalue weighted by molar-refractivity contribution is 5.96. The molecule has 1 atom stereocenters. The summed E-state index contributed by atoms with van der Waals surface area (Å²) in [6.45, 7) is -0.348. The zero-order chi connectivity index (χ0) is 13.7. The van der Waals surface area contributed by atoms with E-state index in [2.05, 4.69) is 10.6 Å². The number of nitrogen functional groups attached to an aromatic ring is 1. The molecule has 18 heavy (non-hydrogen) atoms. The van der Waals surface area contributed by atoms with Gasteiger partial charge in [-0.2, -0.15) is 0 Å². The van der Waals surface area contributed by atoms with Gasteiger partial charge in [0.25, 0.3) is 12.3 Å². The monoisotopic (exact) mass is 259 g/mol. The predicted molar refractivity (Wildman–Crippen MR) is 64.7 cm³/mol. The molecule has 5 N–H and O–H groups in total. The summed E-state index contributed by atoms with van der Waals surface area (Å²) in [5, 5.41) is 14.0.